The van der Waals surface area contributed by atoms with E-state index in [4.69, 9.17) is 4.78 Å². The van der Waals surface area contributed by atoms with Gasteiger partial charge in [0.05, 0.1) is 4.90 Å². The van der Waals surface area contributed by atoms with Crippen LogP contribution in [0.25, 0.3) is 0 Å². The Morgan fingerprint density at radius 3 is 1.92 bits per heavy atom. The van der Waals surface area contributed by atoms with Crippen LogP contribution in [-0.2, 0) is 9.92 Å². The van der Waals surface area contributed by atoms with Crippen LogP contribution in [0, 0.1) is 11.7 Å². The van der Waals surface area contributed by atoms with Crippen molar-refractivity contribution in [1.29, 1.82) is 4.78 Å². The van der Waals surface area contributed by atoms with Gasteiger partial charge in [-0.2, -0.15) is 0 Å². The highest BCUT2D eigenvalue weighted by atomic mass is 32.2. The zero-order chi connectivity index (χ0) is 19.5. The Morgan fingerprint density at radius 2 is 1.46 bits per heavy atom. The molecular formula is C20H27N3O2S. The molecule has 0 fully saturated rings. The summed E-state index contributed by atoms with van der Waals surface area (Å²) in [5, 5.41) is 2.83. The van der Waals surface area contributed by atoms with E-state index >= 15 is 0 Å². The molecule has 6 heteroatoms. The molecule has 0 saturated heterocycles. The number of aryl methyl sites for hydroxylation is 1. The summed E-state index contributed by atoms with van der Waals surface area (Å²) in [6, 6.07) is 12.0. The number of carbonyl (C=O) groups excluding carboxylic acids is 1. The molecule has 0 aromatic heterocycles. The third-order valence-corrected chi connectivity index (χ3v) is 5.61. The molecule has 2 rings (SSSR count). The Hall–Kier alpha value is -2.34. The zero-order valence-electron chi connectivity index (χ0n) is 15.9. The van der Waals surface area contributed by atoms with Crippen LogP contribution in [-0.4, -0.2) is 10.2 Å². The second-order valence-electron chi connectivity index (χ2n) is 7.05. The van der Waals surface area contributed by atoms with Gasteiger partial charge in [0.2, 0.25) is 0 Å². The number of carbonyl (C=O) groups is 1. The molecule has 140 valence electrons. The van der Waals surface area contributed by atoms with Gasteiger partial charge in [-0.3, -0.25) is 0 Å². The first kappa shape index (κ1) is 20.0. The van der Waals surface area contributed by atoms with Crippen molar-refractivity contribution in [2.24, 2.45) is 0 Å². The van der Waals surface area contributed by atoms with Gasteiger partial charge in [0.15, 0.2) is 9.92 Å². The maximum Gasteiger partial charge on any atom is 0.331 e. The third-order valence-electron chi connectivity index (χ3n) is 4.20. The summed E-state index contributed by atoms with van der Waals surface area (Å²) in [6.07, 6.45) is 0. The molecule has 0 heterocycles. The molecule has 2 aromatic carbocycles. The lowest BCUT2D eigenvalue weighted by atomic mass is 9.93. The average Bonchev–Trinajstić information content (AvgIpc) is 2.54. The predicted molar refractivity (Wildman–Crippen MR) is 107 cm³/mol. The number of anilines is 1. The number of urea groups is 1. The number of nitrogens with one attached hydrogen (secondary N) is 3. The molecule has 2 amide bonds. The van der Waals surface area contributed by atoms with Crippen LogP contribution < -0.4 is 10.0 Å². The van der Waals surface area contributed by atoms with Crippen LogP contribution >= 0.6 is 0 Å². The topological polar surface area (TPSA) is 82.1 Å². The summed E-state index contributed by atoms with van der Waals surface area (Å²) < 4.78 is 23.0. The van der Waals surface area contributed by atoms with Crippen molar-refractivity contribution in [3.8, 4) is 0 Å². The monoisotopic (exact) mass is 373 g/mol. The summed E-state index contributed by atoms with van der Waals surface area (Å²) in [5.41, 5.74) is 3.76. The summed E-state index contributed by atoms with van der Waals surface area (Å²) in [7, 11) is -3.42. The van der Waals surface area contributed by atoms with Crippen molar-refractivity contribution >= 4 is 21.6 Å². The minimum absolute atomic E-state index is 0.224. The summed E-state index contributed by atoms with van der Waals surface area (Å²) in [5.74, 6) is 0.447. The molecule has 0 bridgehead atoms. The first-order valence-electron chi connectivity index (χ1n) is 8.69. The van der Waals surface area contributed by atoms with Gasteiger partial charge in [0.1, 0.15) is 0 Å². The minimum atomic E-state index is -3.42. The maximum absolute atomic E-state index is 12.6. The second kappa shape index (κ2) is 7.91. The van der Waals surface area contributed by atoms with Crippen molar-refractivity contribution < 1.29 is 9.00 Å². The van der Waals surface area contributed by atoms with Crippen LogP contribution in [0.1, 0.15) is 56.2 Å². The largest absolute Gasteiger partial charge is 0.331 e. The highest BCUT2D eigenvalue weighted by molar-refractivity contribution is 7.91. The standard InChI is InChI=1S/C20H27N3O2S/c1-13(2)17-7-6-8-18(14(3)4)19(17)22-20(24)23-26(21,25)16-11-9-15(5)10-12-16/h6-14H,1-5H3,(H3,21,22,23,24,25). The van der Waals surface area contributed by atoms with E-state index < -0.39 is 15.9 Å². The molecule has 0 radical (unpaired) electrons. The Balaban J connectivity index is 2.29. The highest BCUT2D eigenvalue weighted by Gasteiger charge is 2.19. The molecule has 5 nitrogen and oxygen atoms in total. The van der Waals surface area contributed by atoms with Gasteiger partial charge < -0.3 is 5.32 Å². The molecule has 0 aliphatic heterocycles. The van der Waals surface area contributed by atoms with Gasteiger partial charge in [-0.25, -0.2) is 18.5 Å². The Morgan fingerprint density at radius 1 is 0.962 bits per heavy atom. The average molecular weight is 374 g/mol. The van der Waals surface area contributed by atoms with E-state index in [1.807, 2.05) is 25.1 Å². The van der Waals surface area contributed by atoms with Crippen LogP contribution in [0.3, 0.4) is 0 Å². The van der Waals surface area contributed by atoms with Gasteiger partial charge in [-0.1, -0.05) is 63.6 Å². The summed E-state index contributed by atoms with van der Waals surface area (Å²) in [6.45, 7) is 10.1. The van der Waals surface area contributed by atoms with Gasteiger partial charge >= 0.3 is 6.03 Å². The van der Waals surface area contributed by atoms with Crippen molar-refractivity contribution in [2.45, 2.75) is 51.3 Å². The summed E-state index contributed by atoms with van der Waals surface area (Å²) >= 11 is 0. The maximum atomic E-state index is 12.6. The van der Waals surface area contributed by atoms with E-state index in [2.05, 4.69) is 37.7 Å². The van der Waals surface area contributed by atoms with Gasteiger partial charge in [-0.05, 0) is 42.0 Å². The molecule has 3 N–H and O–H groups in total. The van der Waals surface area contributed by atoms with Gasteiger partial charge in [-0.15, -0.1) is 0 Å². The fourth-order valence-electron chi connectivity index (χ4n) is 2.75. The quantitative estimate of drug-likeness (QED) is 0.657. The molecule has 1 unspecified atom stereocenters. The number of rotatable bonds is 5. The van der Waals surface area contributed by atoms with Gasteiger partial charge in [0.25, 0.3) is 0 Å². The predicted octanol–water partition coefficient (Wildman–Crippen LogP) is 5.38. The molecule has 2 aromatic rings. The first-order valence-corrected chi connectivity index (χ1v) is 10.2. The molecule has 0 aliphatic carbocycles. The van der Waals surface area contributed by atoms with Crippen molar-refractivity contribution in [2.75, 3.05) is 5.32 Å². The SMILES string of the molecule is Cc1ccc(S(=N)(=O)NC(=O)Nc2c(C(C)C)cccc2C(C)C)cc1. The molecule has 26 heavy (non-hydrogen) atoms. The van der Waals surface area contributed by atoms with E-state index in [9.17, 15) is 9.00 Å². The smallest absolute Gasteiger partial charge is 0.307 e. The number of benzene rings is 2. The Kier molecular flexibility index (Phi) is 6.08. The van der Waals surface area contributed by atoms with Crippen molar-refractivity contribution in [3.05, 3.63) is 59.2 Å². The fourth-order valence-corrected chi connectivity index (χ4v) is 3.70. The van der Waals surface area contributed by atoms with E-state index in [1.165, 1.54) is 0 Å². The van der Waals surface area contributed by atoms with Crippen LogP contribution in [0.2, 0.25) is 0 Å². The van der Waals surface area contributed by atoms with E-state index in [0.717, 1.165) is 22.4 Å². The fraction of sp³-hybridized carbons (Fsp3) is 0.350. The molecule has 0 spiro atoms. The molecular weight excluding hydrogens is 346 g/mol. The number of para-hydroxylation sites is 1. The van der Waals surface area contributed by atoms with Crippen LogP contribution in [0.4, 0.5) is 10.5 Å². The number of hydrogen-bond donors (Lipinski definition) is 3. The molecule has 1 atom stereocenters. The Bertz CT molecular complexity index is 860. The second-order valence-corrected chi connectivity index (χ2v) is 8.83. The number of amides is 2. The van der Waals surface area contributed by atoms with E-state index in [-0.39, 0.29) is 16.7 Å². The van der Waals surface area contributed by atoms with E-state index in [1.54, 1.807) is 24.3 Å². The van der Waals surface area contributed by atoms with Crippen LogP contribution in [0.15, 0.2) is 47.4 Å². The Labute approximate surface area is 156 Å². The highest BCUT2D eigenvalue weighted by Crippen LogP contribution is 2.32. The van der Waals surface area contributed by atoms with Gasteiger partial charge in [0, 0.05) is 5.69 Å². The normalized spacial score (nSPS) is 13.5. The molecule has 0 saturated carbocycles. The lowest BCUT2D eigenvalue weighted by molar-refractivity contribution is 0.256. The molecule has 0 aliphatic rings. The number of hydrogen-bond acceptors (Lipinski definition) is 3. The lowest BCUT2D eigenvalue weighted by Crippen LogP contribution is -2.34. The zero-order valence-corrected chi connectivity index (χ0v) is 16.7. The van der Waals surface area contributed by atoms with Crippen molar-refractivity contribution in [3.63, 3.8) is 0 Å². The lowest BCUT2D eigenvalue weighted by Gasteiger charge is -2.20. The first-order chi connectivity index (χ1) is 12.1. The van der Waals surface area contributed by atoms with Crippen molar-refractivity contribution in [1.82, 2.24) is 4.72 Å². The van der Waals surface area contributed by atoms with Crippen LogP contribution in [0.5, 0.6) is 0 Å². The van der Waals surface area contributed by atoms with E-state index in [0.29, 0.717) is 0 Å². The minimum Gasteiger partial charge on any atom is -0.307 e. The third kappa shape index (κ3) is 4.64. The summed E-state index contributed by atoms with van der Waals surface area (Å²) in [4.78, 5) is 12.8.